The lowest BCUT2D eigenvalue weighted by molar-refractivity contribution is 0.159. The molecule has 1 unspecified atom stereocenters. The van der Waals surface area contributed by atoms with E-state index in [1.807, 2.05) is 6.08 Å². The van der Waals surface area contributed by atoms with Crippen LogP contribution in [0.1, 0.15) is 54.9 Å². The fraction of sp³-hybridized carbons (Fsp3) is 0.765. The molecule has 1 atom stereocenters. The minimum atomic E-state index is 0.100. The van der Waals surface area contributed by atoms with Gasteiger partial charge in [-0.25, -0.2) is 0 Å². The van der Waals surface area contributed by atoms with Gasteiger partial charge >= 0.3 is 0 Å². The molecule has 0 aliphatic carbocycles. The Kier molecular flexibility index (Phi) is 6.91. The van der Waals surface area contributed by atoms with Crippen molar-refractivity contribution in [2.24, 2.45) is 11.8 Å². The van der Waals surface area contributed by atoms with Crippen molar-refractivity contribution in [3.8, 4) is 0 Å². The van der Waals surface area contributed by atoms with Crippen molar-refractivity contribution in [3.05, 3.63) is 24.3 Å². The quantitative estimate of drug-likeness (QED) is 0.582. The van der Waals surface area contributed by atoms with Gasteiger partial charge in [-0.3, -0.25) is 4.90 Å². The predicted molar refractivity (Wildman–Crippen MR) is 83.9 cm³/mol. The van der Waals surface area contributed by atoms with E-state index < -0.39 is 0 Å². The van der Waals surface area contributed by atoms with E-state index in [0.717, 1.165) is 6.42 Å². The van der Waals surface area contributed by atoms with Crippen molar-refractivity contribution >= 4 is 0 Å². The van der Waals surface area contributed by atoms with Crippen LogP contribution in [0.4, 0.5) is 0 Å². The Labute approximate surface area is 115 Å². The van der Waals surface area contributed by atoms with E-state index in [-0.39, 0.29) is 5.54 Å². The summed E-state index contributed by atoms with van der Waals surface area (Å²) in [5, 5.41) is 0. The fourth-order valence-corrected chi connectivity index (χ4v) is 2.44. The smallest absolute Gasteiger partial charge is 0.0337 e. The third kappa shape index (κ3) is 4.97. The summed E-state index contributed by atoms with van der Waals surface area (Å²) in [7, 11) is 2.21. The van der Waals surface area contributed by atoms with Gasteiger partial charge < -0.3 is 0 Å². The maximum atomic E-state index is 3.86. The summed E-state index contributed by atoms with van der Waals surface area (Å²) in [4.78, 5) is 2.43. The molecule has 0 radical (unpaired) electrons. The van der Waals surface area contributed by atoms with Gasteiger partial charge in [-0.05, 0) is 53.0 Å². The van der Waals surface area contributed by atoms with Crippen LogP contribution in [0.3, 0.4) is 0 Å². The molecule has 0 saturated carbocycles. The molecule has 1 heteroatoms. The highest BCUT2D eigenvalue weighted by molar-refractivity contribution is 5.17. The van der Waals surface area contributed by atoms with Gasteiger partial charge in [0.2, 0.25) is 0 Å². The Morgan fingerprint density at radius 1 is 1.17 bits per heavy atom. The molecular weight excluding hydrogens is 218 g/mol. The summed E-state index contributed by atoms with van der Waals surface area (Å²) in [5.41, 5.74) is 1.65. The van der Waals surface area contributed by atoms with Gasteiger partial charge in [0.05, 0.1) is 0 Å². The van der Waals surface area contributed by atoms with Gasteiger partial charge in [0.1, 0.15) is 0 Å². The zero-order valence-corrected chi connectivity index (χ0v) is 13.7. The summed E-state index contributed by atoms with van der Waals surface area (Å²) >= 11 is 0. The standard InChI is InChI=1S/C17H33N/c1-10-11-15(6)16(13(2)3)12-17(7,8)18(9)14(4)5/h10,12-15H,1,11H2,2-9H3/b16-12-. The molecule has 0 spiro atoms. The van der Waals surface area contributed by atoms with Crippen molar-refractivity contribution in [3.63, 3.8) is 0 Å². The average Bonchev–Trinajstić information content (AvgIpc) is 2.24. The Morgan fingerprint density at radius 2 is 1.67 bits per heavy atom. The van der Waals surface area contributed by atoms with Gasteiger partial charge in [0, 0.05) is 11.6 Å². The van der Waals surface area contributed by atoms with Gasteiger partial charge in [0.15, 0.2) is 0 Å². The number of nitrogens with zero attached hydrogens (tertiary/aromatic N) is 1. The number of likely N-dealkylation sites (N-methyl/N-ethyl adjacent to an activating group) is 1. The van der Waals surface area contributed by atoms with E-state index in [1.165, 1.54) is 0 Å². The molecule has 0 fully saturated rings. The van der Waals surface area contributed by atoms with Crippen molar-refractivity contribution in [1.82, 2.24) is 4.90 Å². The van der Waals surface area contributed by atoms with Crippen LogP contribution in [0.2, 0.25) is 0 Å². The summed E-state index contributed by atoms with van der Waals surface area (Å²) in [6, 6.07) is 0.555. The molecule has 106 valence electrons. The molecule has 0 aromatic heterocycles. The number of hydrogen-bond acceptors (Lipinski definition) is 1. The normalized spacial score (nSPS) is 15.6. The number of hydrogen-bond donors (Lipinski definition) is 0. The first kappa shape index (κ1) is 17.4. The molecule has 0 aliphatic rings. The highest BCUT2D eigenvalue weighted by Gasteiger charge is 2.25. The Balaban J connectivity index is 5.22. The van der Waals surface area contributed by atoms with Crippen molar-refractivity contribution < 1.29 is 0 Å². The van der Waals surface area contributed by atoms with Crippen molar-refractivity contribution in [1.29, 1.82) is 0 Å². The van der Waals surface area contributed by atoms with E-state index in [9.17, 15) is 0 Å². The van der Waals surface area contributed by atoms with E-state index in [2.05, 4.69) is 73.1 Å². The highest BCUT2D eigenvalue weighted by atomic mass is 15.2. The van der Waals surface area contributed by atoms with Gasteiger partial charge in [-0.1, -0.05) is 38.5 Å². The first-order valence-corrected chi connectivity index (χ1v) is 7.20. The second-order valence-corrected chi connectivity index (χ2v) is 6.58. The van der Waals surface area contributed by atoms with Crippen LogP contribution in [0.5, 0.6) is 0 Å². The molecule has 0 amide bonds. The predicted octanol–water partition coefficient (Wildman–Crippen LogP) is 4.90. The fourth-order valence-electron chi connectivity index (χ4n) is 2.44. The van der Waals surface area contributed by atoms with Crippen LogP contribution in [0.15, 0.2) is 24.3 Å². The zero-order chi connectivity index (χ0) is 14.5. The Bertz CT molecular complexity index is 284. The van der Waals surface area contributed by atoms with Crippen LogP contribution in [-0.2, 0) is 0 Å². The number of rotatable bonds is 7. The second kappa shape index (κ2) is 7.13. The summed E-state index contributed by atoms with van der Waals surface area (Å²) < 4.78 is 0. The average molecular weight is 251 g/mol. The zero-order valence-electron chi connectivity index (χ0n) is 13.7. The van der Waals surface area contributed by atoms with Gasteiger partial charge in [-0.2, -0.15) is 0 Å². The van der Waals surface area contributed by atoms with Crippen molar-refractivity contribution in [2.45, 2.75) is 66.5 Å². The monoisotopic (exact) mass is 251 g/mol. The highest BCUT2D eigenvalue weighted by Crippen LogP contribution is 2.28. The maximum Gasteiger partial charge on any atom is 0.0337 e. The summed E-state index contributed by atoms with van der Waals surface area (Å²) in [6.45, 7) is 19.8. The lowest BCUT2D eigenvalue weighted by Crippen LogP contribution is -2.44. The molecule has 0 aromatic rings. The summed E-state index contributed by atoms with van der Waals surface area (Å²) in [5.74, 6) is 1.18. The third-order valence-electron chi connectivity index (χ3n) is 3.96. The van der Waals surface area contributed by atoms with Gasteiger partial charge in [-0.15, -0.1) is 6.58 Å². The third-order valence-corrected chi connectivity index (χ3v) is 3.96. The molecular formula is C17H33N. The SMILES string of the molecule is C=CCC(C)/C(=C\C(C)(C)N(C)C(C)C)C(C)C. The molecule has 0 aliphatic heterocycles. The minimum absolute atomic E-state index is 0.100. The first-order chi connectivity index (χ1) is 8.13. The van der Waals surface area contributed by atoms with Crippen molar-refractivity contribution in [2.75, 3.05) is 7.05 Å². The maximum absolute atomic E-state index is 3.86. The minimum Gasteiger partial charge on any atom is -0.295 e. The van der Waals surface area contributed by atoms with Crippen LogP contribution < -0.4 is 0 Å². The number of allylic oxidation sites excluding steroid dienone is 2. The Morgan fingerprint density at radius 3 is 2.00 bits per heavy atom. The Hall–Kier alpha value is -0.560. The second-order valence-electron chi connectivity index (χ2n) is 6.58. The topological polar surface area (TPSA) is 3.24 Å². The molecule has 1 nitrogen and oxygen atoms in total. The molecule has 18 heavy (non-hydrogen) atoms. The van der Waals surface area contributed by atoms with Crippen LogP contribution in [-0.4, -0.2) is 23.5 Å². The first-order valence-electron chi connectivity index (χ1n) is 7.20. The molecule has 0 bridgehead atoms. The van der Waals surface area contributed by atoms with E-state index >= 15 is 0 Å². The lowest BCUT2D eigenvalue weighted by Gasteiger charge is -2.38. The van der Waals surface area contributed by atoms with Crippen LogP contribution in [0.25, 0.3) is 0 Å². The molecule has 0 aromatic carbocycles. The van der Waals surface area contributed by atoms with E-state index in [1.54, 1.807) is 5.57 Å². The molecule has 0 N–H and O–H groups in total. The van der Waals surface area contributed by atoms with E-state index in [4.69, 9.17) is 0 Å². The summed E-state index contributed by atoms with van der Waals surface area (Å²) in [6.07, 6.45) is 5.55. The molecule has 0 heterocycles. The molecule has 0 saturated heterocycles. The van der Waals surface area contributed by atoms with Gasteiger partial charge in [0.25, 0.3) is 0 Å². The molecule has 0 rings (SSSR count). The van der Waals surface area contributed by atoms with E-state index in [0.29, 0.717) is 17.9 Å². The largest absolute Gasteiger partial charge is 0.295 e. The van der Waals surface area contributed by atoms with Crippen LogP contribution in [0, 0.1) is 11.8 Å². The lowest BCUT2D eigenvalue weighted by atomic mass is 9.84. The van der Waals surface area contributed by atoms with Crippen LogP contribution >= 0.6 is 0 Å².